The summed E-state index contributed by atoms with van der Waals surface area (Å²) in [5.74, 6) is -2.81. The number of hydrogen-bond donors (Lipinski definition) is 4. The summed E-state index contributed by atoms with van der Waals surface area (Å²) < 4.78 is 66.2. The third kappa shape index (κ3) is 12.0. The van der Waals surface area contributed by atoms with E-state index in [4.69, 9.17) is 44.9 Å². The number of fused-ring (bicyclic) bond motifs is 2. The number of nitrogens with two attached hydrogens (primary N) is 1. The van der Waals surface area contributed by atoms with Crippen molar-refractivity contribution in [2.45, 2.75) is 32.3 Å². The van der Waals surface area contributed by atoms with Crippen LogP contribution in [0, 0.1) is 13.8 Å². The van der Waals surface area contributed by atoms with Crippen LogP contribution in [0.4, 0.5) is 0 Å². The molecule has 21 heteroatoms. The molecule has 0 bridgehead atoms. The van der Waals surface area contributed by atoms with E-state index in [0.717, 1.165) is 56.6 Å². The van der Waals surface area contributed by atoms with Gasteiger partial charge < -0.3 is 34.8 Å². The van der Waals surface area contributed by atoms with Crippen LogP contribution < -0.4 is 15.8 Å². The van der Waals surface area contributed by atoms with Crippen molar-refractivity contribution in [2.75, 3.05) is 44.7 Å². The van der Waals surface area contributed by atoms with Crippen molar-refractivity contribution in [2.24, 2.45) is 19.8 Å². The third-order valence-corrected chi connectivity index (χ3v) is 13.4. The first-order chi connectivity index (χ1) is 31.3. The number of hydrogen-bond acceptors (Lipinski definition) is 11. The molecule has 3 radical (unpaired) electrons. The Kier molecular flexibility index (Phi) is 16.3. The van der Waals surface area contributed by atoms with Crippen molar-refractivity contribution in [3.05, 3.63) is 140 Å². The highest BCUT2D eigenvalue weighted by molar-refractivity contribution is 7.91. The van der Waals surface area contributed by atoms with E-state index in [0.29, 0.717) is 34.5 Å². The maximum atomic E-state index is 13.2. The van der Waals surface area contributed by atoms with Gasteiger partial charge in [0.15, 0.2) is 15.6 Å². The molecule has 2 aliphatic rings. The van der Waals surface area contributed by atoms with Crippen LogP contribution in [0.1, 0.15) is 72.7 Å². The number of nitrogens with zero attached hydrogens (tertiary/aromatic N) is 2. The minimum atomic E-state index is -3.66. The quantitative estimate of drug-likeness (QED) is 0.0960. The number of carboxylic acid groups (broad SMARTS) is 1. The minimum Gasteiger partial charge on any atom is -0.477 e. The molecule has 2 aromatic heterocycles. The van der Waals surface area contributed by atoms with Crippen LogP contribution >= 0.6 is 23.2 Å². The van der Waals surface area contributed by atoms with Crippen molar-refractivity contribution < 1.29 is 52.0 Å². The molecule has 0 aliphatic carbocycles. The molecule has 6 aromatic rings. The first kappa shape index (κ1) is 52.4. The van der Waals surface area contributed by atoms with E-state index in [2.05, 4.69) is 5.32 Å². The largest absolute Gasteiger partial charge is 0.477 e. The van der Waals surface area contributed by atoms with Gasteiger partial charge >= 0.3 is 5.97 Å². The lowest BCUT2D eigenvalue weighted by atomic mass is 9.87. The number of aryl methyl sites for hydroxylation is 4. The van der Waals surface area contributed by atoms with Gasteiger partial charge in [0.2, 0.25) is 10.0 Å². The van der Waals surface area contributed by atoms with Gasteiger partial charge in [0.1, 0.15) is 22.7 Å². The first-order valence-electron chi connectivity index (χ1n) is 20.8. The van der Waals surface area contributed by atoms with Gasteiger partial charge in [0.05, 0.1) is 48.3 Å². The predicted octanol–water partition coefficient (Wildman–Crippen LogP) is 5.68. The molecule has 0 atom stereocenters. The molecule has 2 aliphatic heterocycles. The second-order valence-electron chi connectivity index (χ2n) is 16.3. The maximum Gasteiger partial charge on any atom is 0.352 e. The lowest BCUT2D eigenvalue weighted by Gasteiger charge is -2.42. The number of ketones is 1. The van der Waals surface area contributed by atoms with E-state index in [1.165, 1.54) is 19.5 Å². The zero-order valence-electron chi connectivity index (χ0n) is 38.8. The summed E-state index contributed by atoms with van der Waals surface area (Å²) in [7, 11) is -2.18. The topological polar surface area (TPSA) is 235 Å². The lowest BCUT2D eigenvalue weighted by molar-refractivity contribution is -0.0734. The number of amides is 2. The average Bonchev–Trinajstić information content (AvgIpc) is 3.78. The van der Waals surface area contributed by atoms with Gasteiger partial charge in [-0.2, -0.15) is 0 Å². The maximum absolute atomic E-state index is 13.2. The molecule has 0 spiro atoms. The summed E-state index contributed by atoms with van der Waals surface area (Å²) in [5, 5.41) is 14.9. The fourth-order valence-corrected chi connectivity index (χ4v) is 8.78. The molecular weight excluding hydrogens is 944 g/mol. The van der Waals surface area contributed by atoms with Gasteiger partial charge in [-0.05, 0) is 72.5 Å². The van der Waals surface area contributed by atoms with Crippen LogP contribution in [-0.4, -0.2) is 108 Å². The molecule has 0 unspecified atom stereocenters. The minimum absolute atomic E-state index is 0. The first-order valence-corrected chi connectivity index (χ1v) is 24.5. The number of Topliss-reactive ketones (excluding diaryl/α,β-unsaturated/α-hetero) is 1. The summed E-state index contributed by atoms with van der Waals surface area (Å²) >= 11 is 12.5. The zero-order chi connectivity index (χ0) is 49.8. The van der Waals surface area contributed by atoms with Gasteiger partial charge in [-0.15, -0.1) is 0 Å². The number of halogens is 2. The van der Waals surface area contributed by atoms with Gasteiger partial charge in [0, 0.05) is 63.1 Å². The molecule has 5 N–H and O–H groups in total. The number of carbonyl (C=O) groups excluding carboxylic acids is 3. The summed E-state index contributed by atoms with van der Waals surface area (Å²) in [4.78, 5) is 47.8. The van der Waals surface area contributed by atoms with Crippen molar-refractivity contribution in [1.29, 1.82) is 0 Å². The molecule has 67 heavy (non-hydrogen) atoms. The monoisotopic (exact) mass is 996 g/mol. The molecule has 16 nitrogen and oxygen atoms in total. The Morgan fingerprint density at radius 2 is 1.18 bits per heavy atom. The molecule has 8 rings (SSSR count). The summed E-state index contributed by atoms with van der Waals surface area (Å²) in [6.45, 7) is 5.28. The molecule has 2 fully saturated rings. The van der Waals surface area contributed by atoms with E-state index in [-0.39, 0.29) is 38.8 Å². The molecule has 4 heterocycles. The molecular formula is C46H51BCl2N5O11S2. The Morgan fingerprint density at radius 1 is 0.731 bits per heavy atom. The molecule has 0 saturated carbocycles. The van der Waals surface area contributed by atoms with Crippen LogP contribution in [0.3, 0.4) is 0 Å². The number of sulfone groups is 1. The SMILES string of the molecule is CS(=O)(=O)CC(=O)c1ccc(C2(N)COC2)cc1.Cc1ccc2c(cc(C(=O)NC3(c4ccc(C(=O)NS(C)(=O)=O)cc4)COC3)n2C)c1Cl.Cc1ccc2c(cc(C(=O)O)n2C)c1Cl.[3H]C.[B]. The van der Waals surface area contributed by atoms with Crippen LogP contribution in [0.15, 0.2) is 84.9 Å². The van der Waals surface area contributed by atoms with Crippen LogP contribution in [-0.2, 0) is 54.5 Å². The van der Waals surface area contributed by atoms with Crippen LogP contribution in [0.2, 0.25) is 10.0 Å². The zero-order valence-corrected chi connectivity index (χ0v) is 40.9. The van der Waals surface area contributed by atoms with E-state index in [1.807, 2.05) is 49.9 Å². The van der Waals surface area contributed by atoms with Crippen LogP contribution in [0.25, 0.3) is 21.8 Å². The normalized spacial score (nSPS) is 14.7. The van der Waals surface area contributed by atoms with Crippen molar-refractivity contribution >= 4 is 96.8 Å². The van der Waals surface area contributed by atoms with E-state index < -0.39 is 54.4 Å². The van der Waals surface area contributed by atoms with Crippen molar-refractivity contribution in [3.63, 3.8) is 0 Å². The molecule has 2 amide bonds. The Bertz CT molecular complexity index is 3100. The Morgan fingerprint density at radius 3 is 1.60 bits per heavy atom. The fourth-order valence-electron chi connectivity index (χ4n) is 7.26. The highest BCUT2D eigenvalue weighted by Crippen LogP contribution is 2.33. The number of carboxylic acids is 1. The smallest absolute Gasteiger partial charge is 0.352 e. The van der Waals surface area contributed by atoms with E-state index in [9.17, 15) is 36.0 Å². The number of nitrogens with one attached hydrogen (secondary N) is 2. The summed E-state index contributed by atoms with van der Waals surface area (Å²) in [5.41, 5.74) is 11.3. The number of sulfonamides is 1. The second kappa shape index (κ2) is 20.8. The standard InChI is InChI=1S/C22H22ClN3O5S.C12H15NO4S.C11H10ClNO2.CH4.B/c1-13-4-9-17-16(19(13)23)10-18(26(17)2)21(28)24-22(11-31-12-22)15-7-5-14(6-8-15)20(27)25-32(3,29)30;1-18(15,16)6-11(14)9-2-4-10(5-3-9)12(13)7-17-8-12;1-6-3-4-8-7(10(6)12)5-9(11(14)15)13(8)2;;/h4-10H,11-12H2,1-3H3,(H,24,28)(H,25,27);2-5H,6-8,13H2,1H3;3-5H,1-2H3,(H,14,15);1H4;/i;;;1T;. The summed E-state index contributed by atoms with van der Waals surface area (Å²) in [6.07, 6.45) is 1.96. The number of carbonyl (C=O) groups is 4. The number of aromatic carboxylic acids is 1. The van der Waals surface area contributed by atoms with E-state index in [1.54, 1.807) is 64.7 Å². The Balaban J connectivity index is 0.000000237. The predicted molar refractivity (Wildman–Crippen MR) is 261 cm³/mol. The van der Waals surface area contributed by atoms with Crippen molar-refractivity contribution in [3.8, 4) is 0 Å². The molecule has 4 aromatic carbocycles. The van der Waals surface area contributed by atoms with Crippen LogP contribution in [0.5, 0.6) is 0 Å². The number of ether oxygens (including phenoxy) is 2. The van der Waals surface area contributed by atoms with Gasteiger partial charge in [-0.25, -0.2) is 26.4 Å². The average molecular weight is 998 g/mol. The number of rotatable bonds is 10. The molecule has 355 valence electrons. The molecule has 2 saturated heterocycles. The van der Waals surface area contributed by atoms with Gasteiger partial charge in [-0.3, -0.25) is 14.4 Å². The third-order valence-electron chi connectivity index (χ3n) is 11.1. The Labute approximate surface area is 402 Å². The summed E-state index contributed by atoms with van der Waals surface area (Å²) in [6, 6.07) is 24.1. The van der Waals surface area contributed by atoms with Gasteiger partial charge in [-0.1, -0.05) is 79.1 Å². The highest BCUT2D eigenvalue weighted by atomic mass is 35.5. The number of benzene rings is 4. The highest BCUT2D eigenvalue weighted by Gasteiger charge is 2.42. The lowest BCUT2D eigenvalue weighted by Crippen LogP contribution is -2.59. The Hall–Kier alpha value is -5.54. The van der Waals surface area contributed by atoms with Crippen molar-refractivity contribution in [1.82, 2.24) is 19.2 Å². The van der Waals surface area contributed by atoms with E-state index >= 15 is 0 Å². The van der Waals surface area contributed by atoms with Gasteiger partial charge in [0.25, 0.3) is 11.8 Å². The fraction of sp³-hybridized carbons (Fsp3) is 0.304. The second-order valence-corrected chi connectivity index (χ2v) is 20.9. The number of aromatic nitrogens is 2.